The monoisotopic (exact) mass is 468 g/mol. The topological polar surface area (TPSA) is 108 Å². The number of alkyl halides is 3. The van der Waals surface area contributed by atoms with Crippen LogP contribution in [-0.2, 0) is 15.8 Å². The zero-order valence-corrected chi connectivity index (χ0v) is 17.2. The highest BCUT2D eigenvalue weighted by Gasteiger charge is 2.41. The molecule has 0 unspecified atom stereocenters. The lowest BCUT2D eigenvalue weighted by atomic mass is 10.0. The smallest absolute Gasteiger partial charge is 0.276 e. The second-order valence-corrected chi connectivity index (χ2v) is 7.24. The van der Waals surface area contributed by atoms with E-state index in [1.54, 1.807) is 24.3 Å². The summed E-state index contributed by atoms with van der Waals surface area (Å²) in [5.74, 6) is -4.40. The van der Waals surface area contributed by atoms with Gasteiger partial charge in [-0.05, 0) is 35.0 Å². The van der Waals surface area contributed by atoms with Gasteiger partial charge < -0.3 is 0 Å². The van der Waals surface area contributed by atoms with Crippen molar-refractivity contribution in [2.75, 3.05) is 4.90 Å². The van der Waals surface area contributed by atoms with Crippen LogP contribution in [0, 0.1) is 5.92 Å². The molecule has 1 heterocycles. The Morgan fingerprint density at radius 3 is 2.47 bits per heavy atom. The van der Waals surface area contributed by atoms with E-state index in [0.29, 0.717) is 21.9 Å². The number of urea groups is 1. The molecular weight excluding hydrogens is 453 g/mol. The molecule has 2 N–H and O–H groups in total. The van der Waals surface area contributed by atoms with Gasteiger partial charge in [0.15, 0.2) is 5.92 Å². The summed E-state index contributed by atoms with van der Waals surface area (Å²) in [6.07, 6.45) is -3.89. The van der Waals surface area contributed by atoms with Crippen LogP contribution in [0.5, 0.6) is 0 Å². The lowest BCUT2D eigenvalue weighted by Crippen LogP contribution is -2.58. The van der Waals surface area contributed by atoms with Gasteiger partial charge in [0.05, 0.1) is 11.3 Å². The Morgan fingerprint density at radius 1 is 1.00 bits per heavy atom. The molecule has 4 rings (SSSR count). The van der Waals surface area contributed by atoms with Gasteiger partial charge >= 0.3 is 12.2 Å². The predicted molar refractivity (Wildman–Crippen MR) is 116 cm³/mol. The molecule has 11 heteroatoms. The number of nitrogens with zero attached hydrogens (tertiary/aromatic N) is 2. The summed E-state index contributed by atoms with van der Waals surface area (Å²) in [7, 11) is 0. The fourth-order valence-electron chi connectivity index (χ4n) is 3.44. The minimum absolute atomic E-state index is 0.301. The Kier molecular flexibility index (Phi) is 5.84. The molecule has 0 aromatic heterocycles. The number of rotatable bonds is 4. The van der Waals surface area contributed by atoms with E-state index in [1.165, 1.54) is 0 Å². The molecule has 34 heavy (non-hydrogen) atoms. The van der Waals surface area contributed by atoms with E-state index in [1.807, 2.05) is 23.5 Å². The van der Waals surface area contributed by atoms with Crippen LogP contribution in [0.4, 0.5) is 23.7 Å². The minimum atomic E-state index is -4.70. The molecule has 1 saturated heterocycles. The number of hydrazone groups is 1. The van der Waals surface area contributed by atoms with Gasteiger partial charge in [-0.1, -0.05) is 42.5 Å². The first-order chi connectivity index (χ1) is 16.2. The third kappa shape index (κ3) is 4.35. The van der Waals surface area contributed by atoms with Crippen LogP contribution >= 0.6 is 0 Å². The number of hydrogen-bond acceptors (Lipinski definition) is 5. The first-order valence-electron chi connectivity index (χ1n) is 9.84. The molecular formula is C23H15F3N4O4. The van der Waals surface area contributed by atoms with Crippen molar-refractivity contribution in [2.24, 2.45) is 11.0 Å². The molecule has 5 amide bonds. The van der Waals surface area contributed by atoms with Gasteiger partial charge in [0.25, 0.3) is 11.8 Å². The first kappa shape index (κ1) is 22.6. The van der Waals surface area contributed by atoms with Crippen LogP contribution in [0.15, 0.2) is 71.8 Å². The molecule has 1 aliphatic heterocycles. The molecule has 3 aromatic carbocycles. The van der Waals surface area contributed by atoms with E-state index in [0.717, 1.165) is 29.8 Å². The van der Waals surface area contributed by atoms with Crippen molar-refractivity contribution < 1.29 is 32.3 Å². The Labute approximate surface area is 190 Å². The van der Waals surface area contributed by atoms with E-state index in [-0.39, 0.29) is 5.69 Å². The van der Waals surface area contributed by atoms with Gasteiger partial charge in [0.2, 0.25) is 5.91 Å². The summed E-state index contributed by atoms with van der Waals surface area (Å²) in [5, 5.41) is 7.04. The van der Waals surface area contributed by atoms with Crippen LogP contribution in [0.2, 0.25) is 0 Å². The largest absolute Gasteiger partial charge is 0.416 e. The molecule has 8 nitrogen and oxygen atoms in total. The zero-order chi connectivity index (χ0) is 24.5. The number of carbonyl (C=O) groups excluding carboxylic acids is 4. The van der Waals surface area contributed by atoms with Crippen LogP contribution in [0.3, 0.4) is 0 Å². The highest BCUT2D eigenvalue weighted by atomic mass is 19.4. The molecule has 1 fully saturated rings. The SMILES string of the molecule is O=C(N/N=C\[C@@H]1C(=O)NC(=O)N(c2cccc(C(F)(F)F)c2)C1=O)c1cccc2ccccc12. The fraction of sp³-hybridized carbons (Fsp3) is 0.0870. The minimum Gasteiger partial charge on any atom is -0.276 e. The molecule has 0 saturated carbocycles. The van der Waals surface area contributed by atoms with Crippen molar-refractivity contribution in [3.05, 3.63) is 77.9 Å². The maximum atomic E-state index is 13.0. The van der Waals surface area contributed by atoms with Crippen molar-refractivity contribution in [3.63, 3.8) is 0 Å². The van der Waals surface area contributed by atoms with Crippen molar-refractivity contribution >= 4 is 46.4 Å². The highest BCUT2D eigenvalue weighted by molar-refractivity contribution is 6.32. The number of halogens is 3. The van der Waals surface area contributed by atoms with Gasteiger partial charge in [0, 0.05) is 11.8 Å². The van der Waals surface area contributed by atoms with Crippen molar-refractivity contribution in [2.45, 2.75) is 6.18 Å². The number of amides is 5. The molecule has 0 bridgehead atoms. The Bertz CT molecular complexity index is 1350. The summed E-state index contributed by atoms with van der Waals surface area (Å²) in [5.41, 5.74) is 1.08. The molecule has 0 spiro atoms. The Morgan fingerprint density at radius 2 is 1.71 bits per heavy atom. The lowest BCUT2D eigenvalue weighted by Gasteiger charge is -2.28. The van der Waals surface area contributed by atoms with Gasteiger partial charge in [0.1, 0.15) is 0 Å². The molecule has 0 radical (unpaired) electrons. The summed E-state index contributed by atoms with van der Waals surface area (Å²) >= 11 is 0. The summed E-state index contributed by atoms with van der Waals surface area (Å²) in [4.78, 5) is 50.1. The van der Waals surface area contributed by atoms with Crippen molar-refractivity contribution in [1.82, 2.24) is 10.7 Å². The zero-order valence-electron chi connectivity index (χ0n) is 17.2. The first-order valence-corrected chi connectivity index (χ1v) is 9.84. The highest BCUT2D eigenvalue weighted by Crippen LogP contribution is 2.32. The third-order valence-corrected chi connectivity index (χ3v) is 5.06. The standard InChI is InChI=1S/C23H15F3N4O4/c24-23(25,26)14-7-4-8-15(11-14)30-21(33)18(19(31)28-22(30)34)12-27-29-20(32)17-10-3-6-13-5-1-2-9-16(13)17/h1-12,18H,(H,29,32)(H,28,31,34)/b27-12-/t18-/m1/s1. The number of fused-ring (bicyclic) bond motifs is 1. The molecule has 0 aliphatic carbocycles. The maximum absolute atomic E-state index is 13.0. The second-order valence-electron chi connectivity index (χ2n) is 7.24. The Hall–Kier alpha value is -4.54. The number of imide groups is 2. The van der Waals surface area contributed by atoms with E-state index in [4.69, 9.17) is 0 Å². The molecule has 1 atom stereocenters. The van der Waals surface area contributed by atoms with Crippen molar-refractivity contribution in [3.8, 4) is 0 Å². The summed E-state index contributed by atoms with van der Waals surface area (Å²) < 4.78 is 39.1. The molecule has 3 aromatic rings. The van der Waals surface area contributed by atoms with Crippen LogP contribution in [-0.4, -0.2) is 30.0 Å². The number of nitrogens with one attached hydrogen (secondary N) is 2. The average Bonchev–Trinajstić information content (AvgIpc) is 2.80. The number of hydrogen-bond donors (Lipinski definition) is 2. The number of barbiturate groups is 1. The quantitative estimate of drug-likeness (QED) is 0.347. The van der Waals surface area contributed by atoms with Crippen LogP contribution in [0.1, 0.15) is 15.9 Å². The lowest BCUT2D eigenvalue weighted by molar-refractivity contribution is -0.138. The summed E-state index contributed by atoms with van der Waals surface area (Å²) in [6, 6.07) is 14.5. The van der Waals surface area contributed by atoms with Gasteiger partial charge in [-0.15, -0.1) is 0 Å². The van der Waals surface area contributed by atoms with Crippen LogP contribution in [0.25, 0.3) is 10.8 Å². The van der Waals surface area contributed by atoms with E-state index in [2.05, 4.69) is 10.5 Å². The predicted octanol–water partition coefficient (Wildman–Crippen LogP) is 3.47. The van der Waals surface area contributed by atoms with Crippen LogP contribution < -0.4 is 15.6 Å². The summed E-state index contributed by atoms with van der Waals surface area (Å²) in [6.45, 7) is 0. The van der Waals surface area contributed by atoms with E-state index >= 15 is 0 Å². The molecule has 1 aliphatic rings. The van der Waals surface area contributed by atoms with Gasteiger partial charge in [-0.3, -0.25) is 19.7 Å². The van der Waals surface area contributed by atoms with Crippen molar-refractivity contribution in [1.29, 1.82) is 0 Å². The maximum Gasteiger partial charge on any atom is 0.416 e. The number of anilines is 1. The number of benzene rings is 3. The third-order valence-electron chi connectivity index (χ3n) is 5.06. The molecule has 172 valence electrons. The van der Waals surface area contributed by atoms with E-state index in [9.17, 15) is 32.3 Å². The Balaban J connectivity index is 1.55. The fourth-order valence-corrected chi connectivity index (χ4v) is 3.44. The van der Waals surface area contributed by atoms with E-state index < -0.39 is 41.4 Å². The van der Waals surface area contributed by atoms with Gasteiger partial charge in [-0.25, -0.2) is 15.1 Å². The van der Waals surface area contributed by atoms with Gasteiger partial charge in [-0.2, -0.15) is 18.3 Å². The normalized spacial score (nSPS) is 16.7. The second kappa shape index (κ2) is 8.77. The average molecular weight is 468 g/mol. The number of carbonyl (C=O) groups is 4.